The minimum Gasteiger partial charge on any atom is -0.355 e. The maximum atomic E-state index is 12.3. The molecule has 0 aliphatic carbocycles. The van der Waals surface area contributed by atoms with E-state index in [9.17, 15) is 9.59 Å². The molecule has 9 nitrogen and oxygen atoms in total. The Morgan fingerprint density at radius 1 is 0.970 bits per heavy atom. The van der Waals surface area contributed by atoms with Gasteiger partial charge in [0.25, 0.3) is 5.91 Å². The van der Waals surface area contributed by atoms with Crippen molar-refractivity contribution in [1.82, 2.24) is 25.2 Å². The minimum atomic E-state index is -0.483. The number of hydrogen-bond acceptors (Lipinski definition) is 6. The van der Waals surface area contributed by atoms with Gasteiger partial charge in [-0.2, -0.15) is 0 Å². The largest absolute Gasteiger partial charge is 0.355 e. The highest BCUT2D eigenvalue weighted by Crippen LogP contribution is 2.24. The molecule has 2 N–H and O–H groups in total. The maximum Gasteiger partial charge on any atom is 0.273 e. The van der Waals surface area contributed by atoms with Gasteiger partial charge in [0, 0.05) is 35.8 Å². The molecule has 5 rings (SSSR count). The highest BCUT2D eigenvalue weighted by atomic mass is 16.5. The van der Waals surface area contributed by atoms with E-state index in [2.05, 4.69) is 30.6 Å². The van der Waals surface area contributed by atoms with E-state index in [1.807, 2.05) is 54.6 Å². The molecule has 0 atom stereocenters. The molecule has 166 valence electrons. The molecule has 1 aliphatic heterocycles. The van der Waals surface area contributed by atoms with Crippen LogP contribution in [-0.4, -0.2) is 38.3 Å². The lowest BCUT2D eigenvalue weighted by molar-refractivity contribution is -0.115. The summed E-state index contributed by atoms with van der Waals surface area (Å²) >= 11 is 0. The molecule has 0 fully saturated rings. The van der Waals surface area contributed by atoms with Crippen LogP contribution >= 0.6 is 0 Å². The number of nitrogens with zero attached hydrogens (tertiary/aromatic N) is 4. The van der Waals surface area contributed by atoms with Gasteiger partial charge in [0.05, 0.1) is 6.54 Å². The van der Waals surface area contributed by atoms with Crippen LogP contribution in [0.1, 0.15) is 29.2 Å². The molecule has 3 heterocycles. The van der Waals surface area contributed by atoms with Gasteiger partial charge < -0.3 is 19.7 Å². The SMILES string of the molecule is O=C(CNC(=O)c1cc(-c2ccccc2)on1)Nc1ccc(-c2nnc3n2CCCC3)cc1. The third kappa shape index (κ3) is 4.52. The number of nitrogens with one attached hydrogen (secondary N) is 2. The van der Waals surface area contributed by atoms with Gasteiger partial charge in [-0.15, -0.1) is 10.2 Å². The molecular weight excluding hydrogens is 420 g/mol. The summed E-state index contributed by atoms with van der Waals surface area (Å²) in [6.07, 6.45) is 3.22. The second-order valence-corrected chi connectivity index (χ2v) is 7.80. The average Bonchev–Trinajstić information content (AvgIpc) is 3.52. The lowest BCUT2D eigenvalue weighted by Gasteiger charge is -2.14. The summed E-state index contributed by atoms with van der Waals surface area (Å²) in [4.78, 5) is 24.6. The number of rotatable bonds is 6. The Labute approximate surface area is 189 Å². The monoisotopic (exact) mass is 442 g/mol. The second kappa shape index (κ2) is 9.07. The summed E-state index contributed by atoms with van der Waals surface area (Å²) in [6.45, 7) is 0.736. The highest BCUT2D eigenvalue weighted by Gasteiger charge is 2.17. The van der Waals surface area contributed by atoms with Gasteiger partial charge in [-0.25, -0.2) is 0 Å². The first-order chi connectivity index (χ1) is 16.2. The third-order valence-corrected chi connectivity index (χ3v) is 5.50. The maximum absolute atomic E-state index is 12.3. The zero-order valence-electron chi connectivity index (χ0n) is 17.8. The van der Waals surface area contributed by atoms with Gasteiger partial charge >= 0.3 is 0 Å². The Morgan fingerprint density at radius 2 is 1.79 bits per heavy atom. The van der Waals surface area contributed by atoms with Crippen LogP contribution in [0.15, 0.2) is 65.2 Å². The quantitative estimate of drug-likeness (QED) is 0.473. The molecule has 0 bridgehead atoms. The Bertz CT molecular complexity index is 1280. The third-order valence-electron chi connectivity index (χ3n) is 5.50. The van der Waals surface area contributed by atoms with Crippen molar-refractivity contribution < 1.29 is 14.1 Å². The number of aromatic nitrogens is 4. The molecule has 0 saturated carbocycles. The zero-order chi connectivity index (χ0) is 22.6. The van der Waals surface area contributed by atoms with E-state index in [1.165, 1.54) is 0 Å². The van der Waals surface area contributed by atoms with Gasteiger partial charge in [0.15, 0.2) is 17.3 Å². The first kappa shape index (κ1) is 20.6. The smallest absolute Gasteiger partial charge is 0.273 e. The van der Waals surface area contributed by atoms with Crippen molar-refractivity contribution in [2.75, 3.05) is 11.9 Å². The number of carbonyl (C=O) groups is 2. The van der Waals surface area contributed by atoms with Gasteiger partial charge in [0.2, 0.25) is 5.91 Å². The number of hydrogen-bond donors (Lipinski definition) is 2. The van der Waals surface area contributed by atoms with Crippen LogP contribution in [0.4, 0.5) is 5.69 Å². The van der Waals surface area contributed by atoms with Crippen molar-refractivity contribution in [3.8, 4) is 22.7 Å². The Kier molecular flexibility index (Phi) is 5.67. The van der Waals surface area contributed by atoms with Crippen LogP contribution in [0.5, 0.6) is 0 Å². The molecule has 0 unspecified atom stereocenters. The highest BCUT2D eigenvalue weighted by molar-refractivity contribution is 5.98. The van der Waals surface area contributed by atoms with E-state index >= 15 is 0 Å². The van der Waals surface area contributed by atoms with Crippen LogP contribution in [0.25, 0.3) is 22.7 Å². The summed E-state index contributed by atoms with van der Waals surface area (Å²) in [7, 11) is 0. The van der Waals surface area contributed by atoms with Crippen molar-refractivity contribution in [2.24, 2.45) is 0 Å². The number of fused-ring (bicyclic) bond motifs is 1. The first-order valence-corrected chi connectivity index (χ1v) is 10.8. The molecule has 4 aromatic rings. The molecule has 9 heteroatoms. The molecule has 0 saturated heterocycles. The summed E-state index contributed by atoms with van der Waals surface area (Å²) in [5.41, 5.74) is 2.51. The fourth-order valence-corrected chi connectivity index (χ4v) is 3.80. The van der Waals surface area contributed by atoms with Crippen LogP contribution < -0.4 is 10.6 Å². The summed E-state index contributed by atoms with van der Waals surface area (Å²) in [5, 5.41) is 17.7. The molecule has 0 spiro atoms. The molecule has 33 heavy (non-hydrogen) atoms. The second-order valence-electron chi connectivity index (χ2n) is 7.80. The number of anilines is 1. The van der Waals surface area contributed by atoms with Crippen molar-refractivity contribution in [3.63, 3.8) is 0 Å². The normalized spacial score (nSPS) is 12.7. The van der Waals surface area contributed by atoms with Crippen LogP contribution in [0.2, 0.25) is 0 Å². The average molecular weight is 442 g/mol. The lowest BCUT2D eigenvalue weighted by Crippen LogP contribution is -2.33. The van der Waals surface area contributed by atoms with Gasteiger partial charge in [-0.3, -0.25) is 9.59 Å². The number of aryl methyl sites for hydroxylation is 1. The first-order valence-electron chi connectivity index (χ1n) is 10.8. The predicted molar refractivity (Wildman–Crippen MR) is 121 cm³/mol. The minimum absolute atomic E-state index is 0.114. The van der Waals surface area contributed by atoms with Crippen molar-refractivity contribution in [1.29, 1.82) is 0 Å². The molecule has 0 radical (unpaired) electrons. The zero-order valence-corrected chi connectivity index (χ0v) is 17.8. The lowest BCUT2D eigenvalue weighted by atomic mass is 10.1. The van der Waals surface area contributed by atoms with Crippen LogP contribution in [0.3, 0.4) is 0 Å². The molecule has 2 aromatic heterocycles. The summed E-state index contributed by atoms with van der Waals surface area (Å²) < 4.78 is 7.38. The molecule has 1 aliphatic rings. The Morgan fingerprint density at radius 3 is 2.61 bits per heavy atom. The molecular formula is C24H22N6O3. The van der Waals surface area contributed by atoms with E-state index in [4.69, 9.17) is 4.52 Å². The fraction of sp³-hybridized carbons (Fsp3) is 0.208. The summed E-state index contributed by atoms with van der Waals surface area (Å²) in [5.74, 6) is 1.52. The van der Waals surface area contributed by atoms with Gasteiger partial charge in [0.1, 0.15) is 5.82 Å². The van der Waals surface area contributed by atoms with Crippen molar-refractivity contribution in [2.45, 2.75) is 25.8 Å². The topological polar surface area (TPSA) is 115 Å². The Hall–Kier alpha value is -4.27. The van der Waals surface area contributed by atoms with E-state index in [1.54, 1.807) is 6.07 Å². The molecule has 2 amide bonds. The van der Waals surface area contributed by atoms with E-state index in [0.717, 1.165) is 48.6 Å². The van der Waals surface area contributed by atoms with E-state index < -0.39 is 5.91 Å². The van der Waals surface area contributed by atoms with Crippen molar-refractivity contribution in [3.05, 3.63) is 72.2 Å². The number of benzene rings is 2. The predicted octanol–water partition coefficient (Wildman–Crippen LogP) is 3.30. The Balaban J connectivity index is 1.16. The molecule has 2 aromatic carbocycles. The standard InChI is InChI=1S/C24H22N6O3/c31-22(15-25-24(32)19-14-20(33-29-19)16-6-2-1-3-7-16)26-18-11-9-17(10-12-18)23-28-27-21-8-4-5-13-30(21)23/h1-3,6-7,9-12,14H,4-5,8,13,15H2,(H,25,32)(H,26,31). The van der Waals surface area contributed by atoms with Gasteiger partial charge in [-0.1, -0.05) is 35.5 Å². The van der Waals surface area contributed by atoms with Crippen LogP contribution in [-0.2, 0) is 17.8 Å². The van der Waals surface area contributed by atoms with E-state index in [-0.39, 0.29) is 18.1 Å². The fourth-order valence-electron chi connectivity index (χ4n) is 3.80. The number of amides is 2. The van der Waals surface area contributed by atoms with Crippen molar-refractivity contribution >= 4 is 17.5 Å². The van der Waals surface area contributed by atoms with E-state index in [0.29, 0.717) is 11.4 Å². The van der Waals surface area contributed by atoms with Gasteiger partial charge in [-0.05, 0) is 37.1 Å². The van der Waals surface area contributed by atoms with Crippen LogP contribution in [0, 0.1) is 0 Å². The summed E-state index contributed by atoms with van der Waals surface area (Å²) in [6, 6.07) is 18.3. The number of carbonyl (C=O) groups excluding carboxylic acids is 2.